The molecule has 88 valence electrons. The molecule has 0 bridgehead atoms. The van der Waals surface area contributed by atoms with Crippen LogP contribution in [0.2, 0.25) is 0 Å². The second-order valence-electron chi connectivity index (χ2n) is 5.35. The molecule has 0 aromatic carbocycles. The minimum absolute atomic E-state index is 0.865. The highest BCUT2D eigenvalue weighted by Gasteiger charge is 2.40. The molecule has 0 amide bonds. The third-order valence-electron chi connectivity index (χ3n) is 3.79. The summed E-state index contributed by atoms with van der Waals surface area (Å²) in [4.78, 5) is 0. The number of aromatic nitrogens is 3. The van der Waals surface area contributed by atoms with E-state index >= 15 is 0 Å². The molecule has 3 rings (SSSR count). The molecule has 2 saturated carbocycles. The molecule has 0 unspecified atom stereocenters. The summed E-state index contributed by atoms with van der Waals surface area (Å²) in [5, 5.41) is 11.6. The minimum Gasteiger partial charge on any atom is -0.311 e. The molecular formula is C12H20N4. The van der Waals surface area contributed by atoms with Crippen molar-refractivity contribution in [2.75, 3.05) is 6.54 Å². The smallest absolute Gasteiger partial charge is 0.0964 e. The molecule has 0 radical (unpaired) electrons. The Labute approximate surface area is 96.4 Å². The maximum atomic E-state index is 4.08. The predicted octanol–water partition coefficient (Wildman–Crippen LogP) is 1.34. The van der Waals surface area contributed by atoms with Crippen molar-refractivity contribution in [2.24, 2.45) is 24.8 Å². The zero-order chi connectivity index (χ0) is 11.0. The summed E-state index contributed by atoms with van der Waals surface area (Å²) in [6.07, 6.45) is 7.85. The monoisotopic (exact) mass is 220 g/mol. The van der Waals surface area contributed by atoms with Crippen LogP contribution in [0.15, 0.2) is 6.20 Å². The number of hydrogen-bond donors (Lipinski definition) is 1. The second-order valence-corrected chi connectivity index (χ2v) is 5.35. The summed E-state index contributed by atoms with van der Waals surface area (Å²) >= 11 is 0. The van der Waals surface area contributed by atoms with Gasteiger partial charge >= 0.3 is 0 Å². The van der Waals surface area contributed by atoms with Crippen LogP contribution in [0.25, 0.3) is 0 Å². The maximum absolute atomic E-state index is 4.08. The van der Waals surface area contributed by atoms with Crippen LogP contribution in [0.3, 0.4) is 0 Å². The number of hydrogen-bond acceptors (Lipinski definition) is 3. The number of nitrogens with zero attached hydrogens (tertiary/aromatic N) is 3. The lowest BCUT2D eigenvalue weighted by atomic mass is 9.98. The van der Waals surface area contributed by atoms with E-state index in [2.05, 4.69) is 15.6 Å². The first-order valence-electron chi connectivity index (χ1n) is 6.39. The molecular weight excluding hydrogens is 200 g/mol. The Morgan fingerprint density at radius 1 is 1.38 bits per heavy atom. The summed E-state index contributed by atoms with van der Waals surface area (Å²) < 4.78 is 1.76. The molecule has 16 heavy (non-hydrogen) atoms. The molecule has 0 atom stereocenters. The van der Waals surface area contributed by atoms with Crippen molar-refractivity contribution in [3.05, 3.63) is 11.9 Å². The molecule has 2 aliphatic rings. The minimum atomic E-state index is 0.865. The maximum Gasteiger partial charge on any atom is 0.0964 e. The van der Waals surface area contributed by atoms with Gasteiger partial charge in [0, 0.05) is 19.8 Å². The van der Waals surface area contributed by atoms with Crippen LogP contribution in [0.1, 0.15) is 31.4 Å². The van der Waals surface area contributed by atoms with Crippen molar-refractivity contribution < 1.29 is 0 Å². The van der Waals surface area contributed by atoms with E-state index in [1.807, 2.05) is 13.2 Å². The van der Waals surface area contributed by atoms with Crippen molar-refractivity contribution in [3.63, 3.8) is 0 Å². The second kappa shape index (κ2) is 4.17. The molecule has 1 aromatic heterocycles. The van der Waals surface area contributed by atoms with E-state index < -0.39 is 0 Å². The van der Waals surface area contributed by atoms with Gasteiger partial charge in [-0.2, -0.15) is 0 Å². The van der Waals surface area contributed by atoms with Gasteiger partial charge in [0.25, 0.3) is 0 Å². The lowest BCUT2D eigenvalue weighted by molar-refractivity contribution is 0.377. The van der Waals surface area contributed by atoms with Crippen molar-refractivity contribution in [2.45, 2.75) is 32.2 Å². The van der Waals surface area contributed by atoms with E-state index in [0.29, 0.717) is 0 Å². The lowest BCUT2D eigenvalue weighted by Crippen LogP contribution is -2.25. The first-order chi connectivity index (χ1) is 7.83. The third-order valence-corrected chi connectivity index (χ3v) is 3.79. The Morgan fingerprint density at radius 2 is 2.06 bits per heavy atom. The van der Waals surface area contributed by atoms with Crippen LogP contribution < -0.4 is 5.32 Å². The fourth-order valence-corrected chi connectivity index (χ4v) is 2.61. The normalized spacial score (nSPS) is 20.6. The topological polar surface area (TPSA) is 42.7 Å². The molecule has 1 aromatic rings. The van der Waals surface area contributed by atoms with E-state index in [9.17, 15) is 0 Å². The molecule has 1 N–H and O–H groups in total. The zero-order valence-electron chi connectivity index (χ0n) is 9.89. The molecule has 1 heterocycles. The lowest BCUT2D eigenvalue weighted by Gasteiger charge is -2.15. The van der Waals surface area contributed by atoms with Crippen LogP contribution in [0.5, 0.6) is 0 Å². The number of aryl methyl sites for hydroxylation is 1. The van der Waals surface area contributed by atoms with Gasteiger partial charge in [-0.05, 0) is 50.0 Å². The van der Waals surface area contributed by atoms with Gasteiger partial charge in [-0.3, -0.25) is 4.68 Å². The summed E-state index contributed by atoms with van der Waals surface area (Å²) in [7, 11) is 1.91. The molecule has 0 aliphatic heterocycles. The van der Waals surface area contributed by atoms with Crippen LogP contribution in [0.4, 0.5) is 0 Å². The highest BCUT2D eigenvalue weighted by Crippen LogP contribution is 2.48. The molecule has 2 aliphatic carbocycles. The highest BCUT2D eigenvalue weighted by molar-refractivity contribution is 4.94. The quantitative estimate of drug-likeness (QED) is 0.786. The predicted molar refractivity (Wildman–Crippen MR) is 61.6 cm³/mol. The molecule has 0 spiro atoms. The Balaban J connectivity index is 1.44. The Kier molecular flexibility index (Phi) is 2.67. The number of rotatable bonds is 6. The third kappa shape index (κ3) is 2.43. The van der Waals surface area contributed by atoms with Crippen molar-refractivity contribution >= 4 is 0 Å². The van der Waals surface area contributed by atoms with E-state index in [1.165, 1.54) is 32.2 Å². The van der Waals surface area contributed by atoms with Gasteiger partial charge in [0.05, 0.1) is 5.69 Å². The van der Waals surface area contributed by atoms with Crippen LogP contribution in [0, 0.1) is 17.8 Å². The summed E-state index contributed by atoms with van der Waals surface area (Å²) in [5.74, 6) is 3.00. The Morgan fingerprint density at radius 3 is 2.56 bits per heavy atom. The van der Waals surface area contributed by atoms with Crippen molar-refractivity contribution in [3.8, 4) is 0 Å². The van der Waals surface area contributed by atoms with E-state index in [4.69, 9.17) is 0 Å². The summed E-state index contributed by atoms with van der Waals surface area (Å²) in [6, 6.07) is 0. The van der Waals surface area contributed by atoms with Gasteiger partial charge in [-0.1, -0.05) is 5.21 Å². The Hall–Kier alpha value is -0.900. The molecule has 2 fully saturated rings. The standard InChI is InChI=1S/C12H20N4/c1-16-8-11(14-15-16)6-13-7-12(9-2-3-9)10-4-5-10/h8-10,12-13H,2-7H2,1H3. The van der Waals surface area contributed by atoms with Gasteiger partial charge in [-0.15, -0.1) is 5.10 Å². The van der Waals surface area contributed by atoms with Crippen LogP contribution >= 0.6 is 0 Å². The SMILES string of the molecule is Cn1cc(CNCC(C2CC2)C2CC2)nn1. The van der Waals surface area contributed by atoms with Gasteiger partial charge in [0.15, 0.2) is 0 Å². The summed E-state index contributed by atoms with van der Waals surface area (Å²) in [5.41, 5.74) is 1.05. The first-order valence-corrected chi connectivity index (χ1v) is 6.39. The van der Waals surface area contributed by atoms with E-state index in [-0.39, 0.29) is 0 Å². The molecule has 4 nitrogen and oxygen atoms in total. The summed E-state index contributed by atoms with van der Waals surface area (Å²) in [6.45, 7) is 2.04. The first kappa shape index (κ1) is 10.3. The Bertz CT molecular complexity index is 340. The van der Waals surface area contributed by atoms with Crippen molar-refractivity contribution in [1.82, 2.24) is 20.3 Å². The van der Waals surface area contributed by atoms with E-state index in [0.717, 1.165) is 30.0 Å². The van der Waals surface area contributed by atoms with Crippen LogP contribution in [-0.2, 0) is 13.6 Å². The average molecular weight is 220 g/mol. The largest absolute Gasteiger partial charge is 0.311 e. The number of nitrogens with one attached hydrogen (secondary N) is 1. The van der Waals surface area contributed by atoms with Gasteiger partial charge < -0.3 is 5.32 Å². The van der Waals surface area contributed by atoms with E-state index in [1.54, 1.807) is 4.68 Å². The van der Waals surface area contributed by atoms with Gasteiger partial charge in [-0.25, -0.2) is 0 Å². The zero-order valence-corrected chi connectivity index (χ0v) is 9.89. The van der Waals surface area contributed by atoms with Gasteiger partial charge in [0.1, 0.15) is 0 Å². The van der Waals surface area contributed by atoms with Crippen LogP contribution in [-0.4, -0.2) is 21.5 Å². The fraction of sp³-hybridized carbons (Fsp3) is 0.833. The molecule has 0 saturated heterocycles. The van der Waals surface area contributed by atoms with Gasteiger partial charge in [0.2, 0.25) is 0 Å². The molecule has 4 heteroatoms. The van der Waals surface area contributed by atoms with Crippen molar-refractivity contribution in [1.29, 1.82) is 0 Å². The highest BCUT2D eigenvalue weighted by atomic mass is 15.4. The fourth-order valence-electron chi connectivity index (χ4n) is 2.61. The average Bonchev–Trinajstić information content (AvgIpc) is 3.15.